The number of hydrogen-bond acceptors (Lipinski definition) is 5. The van der Waals surface area contributed by atoms with Crippen LogP contribution in [0.5, 0.6) is 0 Å². The number of anilines is 1. The number of para-hydroxylation sites is 1. The number of carbonyl (C=O) groups excluding carboxylic acids is 2. The molecular weight excluding hydrogens is 464 g/mol. The fraction of sp³-hybridized carbons (Fsp3) is 0.158. The van der Waals surface area contributed by atoms with E-state index in [0.29, 0.717) is 21.6 Å². The van der Waals surface area contributed by atoms with E-state index in [0.717, 1.165) is 10.0 Å². The molecule has 2 aromatic carbocycles. The molecule has 2 amide bonds. The quantitative estimate of drug-likeness (QED) is 0.491. The predicted molar refractivity (Wildman–Crippen MR) is 118 cm³/mol. The van der Waals surface area contributed by atoms with Crippen LogP contribution in [0.4, 0.5) is 5.69 Å². The Morgan fingerprint density at radius 1 is 1.25 bits per heavy atom. The van der Waals surface area contributed by atoms with E-state index in [1.807, 2.05) is 37.3 Å². The number of thioether (sulfide) groups is 1. The third kappa shape index (κ3) is 5.43. The Balaban J connectivity index is 1.60. The minimum absolute atomic E-state index is 0.0384. The van der Waals surface area contributed by atoms with E-state index in [2.05, 4.69) is 36.8 Å². The van der Waals surface area contributed by atoms with E-state index < -0.39 is 5.25 Å². The lowest BCUT2D eigenvalue weighted by atomic mass is 10.1. The molecule has 3 rings (SSSR count). The van der Waals surface area contributed by atoms with Crippen LogP contribution < -0.4 is 10.6 Å². The zero-order valence-electron chi connectivity index (χ0n) is 14.8. The highest BCUT2D eigenvalue weighted by molar-refractivity contribution is 9.10. The summed E-state index contributed by atoms with van der Waals surface area (Å²) < 4.78 is 0.779. The smallest absolute Gasteiger partial charge is 0.240 e. The predicted octanol–water partition coefficient (Wildman–Crippen LogP) is 4.44. The van der Waals surface area contributed by atoms with Crippen LogP contribution in [0.1, 0.15) is 18.9 Å². The molecule has 0 saturated carbocycles. The molecule has 1 saturated heterocycles. The number of benzene rings is 2. The van der Waals surface area contributed by atoms with E-state index in [-0.39, 0.29) is 18.2 Å². The van der Waals surface area contributed by atoms with Gasteiger partial charge < -0.3 is 10.6 Å². The number of nitrogens with one attached hydrogen (secondary N) is 2. The van der Waals surface area contributed by atoms with E-state index in [1.165, 1.54) is 11.8 Å². The second-order valence-corrected chi connectivity index (χ2v) is 8.41. The molecule has 0 unspecified atom stereocenters. The second kappa shape index (κ2) is 9.36. The molecule has 1 atom stereocenters. The van der Waals surface area contributed by atoms with Gasteiger partial charge in [0.2, 0.25) is 11.8 Å². The second-order valence-electron chi connectivity index (χ2n) is 5.93. The number of carbonyl (C=O) groups is 2. The molecular formula is C19H16BrClN4O2S. The molecule has 1 fully saturated rings. The molecule has 1 aliphatic heterocycles. The Kier molecular flexibility index (Phi) is 6.88. The first-order chi connectivity index (χ1) is 13.4. The maximum atomic E-state index is 12.2. The molecule has 1 aliphatic rings. The van der Waals surface area contributed by atoms with Crippen molar-refractivity contribution >= 4 is 67.7 Å². The van der Waals surface area contributed by atoms with Gasteiger partial charge in [-0.1, -0.05) is 47.6 Å². The zero-order valence-corrected chi connectivity index (χ0v) is 17.9. The van der Waals surface area contributed by atoms with Gasteiger partial charge in [0.1, 0.15) is 5.25 Å². The molecule has 2 N–H and O–H groups in total. The SMILES string of the molecule is CC(=NN=C1NC(=O)[C@@H](CC(=O)Nc2ccccc2Br)S1)c1ccc(Cl)cc1. The van der Waals surface area contributed by atoms with Gasteiger partial charge in [0, 0.05) is 15.9 Å². The molecule has 0 spiro atoms. The average molecular weight is 480 g/mol. The number of halogens is 2. The van der Waals surface area contributed by atoms with Crippen LogP contribution in [-0.4, -0.2) is 27.9 Å². The summed E-state index contributed by atoms with van der Waals surface area (Å²) in [5.41, 5.74) is 2.23. The lowest BCUT2D eigenvalue weighted by molar-refractivity contribution is -0.122. The average Bonchev–Trinajstić information content (AvgIpc) is 3.01. The molecule has 6 nitrogen and oxygen atoms in total. The number of nitrogens with zero attached hydrogens (tertiary/aromatic N) is 2. The van der Waals surface area contributed by atoms with Gasteiger partial charge >= 0.3 is 0 Å². The largest absolute Gasteiger partial charge is 0.325 e. The standard InChI is InChI=1S/C19H16BrClN4O2S/c1-11(12-6-8-13(21)9-7-12)24-25-19-23-18(27)16(28-19)10-17(26)22-15-5-3-2-4-14(15)20/h2-9,16H,10H2,1H3,(H,22,26)(H,23,25,27)/t16-/m1/s1. The Morgan fingerprint density at radius 2 is 1.96 bits per heavy atom. The summed E-state index contributed by atoms with van der Waals surface area (Å²) in [6.07, 6.45) is 0.0384. The monoisotopic (exact) mass is 478 g/mol. The number of amides is 2. The molecule has 0 radical (unpaired) electrons. The molecule has 0 aliphatic carbocycles. The van der Waals surface area contributed by atoms with Crippen molar-refractivity contribution in [1.82, 2.24) is 5.32 Å². The maximum absolute atomic E-state index is 12.2. The lowest BCUT2D eigenvalue weighted by Crippen LogP contribution is -2.28. The van der Waals surface area contributed by atoms with Crippen molar-refractivity contribution in [2.75, 3.05) is 5.32 Å². The molecule has 0 bridgehead atoms. The summed E-state index contributed by atoms with van der Waals surface area (Å²) >= 11 is 10.4. The number of amidine groups is 1. The highest BCUT2D eigenvalue weighted by Gasteiger charge is 2.32. The van der Waals surface area contributed by atoms with Crippen LogP contribution in [0.3, 0.4) is 0 Å². The lowest BCUT2D eigenvalue weighted by Gasteiger charge is -2.08. The molecule has 0 aromatic heterocycles. The van der Waals surface area contributed by atoms with Gasteiger partial charge in [-0.15, -0.1) is 5.10 Å². The molecule has 28 heavy (non-hydrogen) atoms. The molecule has 2 aromatic rings. The van der Waals surface area contributed by atoms with Crippen molar-refractivity contribution in [2.45, 2.75) is 18.6 Å². The topological polar surface area (TPSA) is 82.9 Å². The van der Waals surface area contributed by atoms with Crippen molar-refractivity contribution in [3.63, 3.8) is 0 Å². The van der Waals surface area contributed by atoms with Gasteiger partial charge in [-0.05, 0) is 52.7 Å². The van der Waals surface area contributed by atoms with Gasteiger partial charge in [-0.3, -0.25) is 9.59 Å². The summed E-state index contributed by atoms with van der Waals surface area (Å²) in [6, 6.07) is 14.5. The van der Waals surface area contributed by atoms with Crippen LogP contribution in [0.25, 0.3) is 0 Å². The van der Waals surface area contributed by atoms with Crippen LogP contribution in [0.2, 0.25) is 5.02 Å². The van der Waals surface area contributed by atoms with E-state index >= 15 is 0 Å². The van der Waals surface area contributed by atoms with E-state index in [9.17, 15) is 9.59 Å². The fourth-order valence-corrected chi connectivity index (χ4v) is 3.82. The summed E-state index contributed by atoms with van der Waals surface area (Å²) in [4.78, 5) is 24.4. The summed E-state index contributed by atoms with van der Waals surface area (Å²) in [7, 11) is 0. The van der Waals surface area contributed by atoms with E-state index in [4.69, 9.17) is 11.6 Å². The van der Waals surface area contributed by atoms with Gasteiger partial charge in [0.15, 0.2) is 5.17 Å². The van der Waals surface area contributed by atoms with Crippen molar-refractivity contribution in [2.24, 2.45) is 10.2 Å². The minimum Gasteiger partial charge on any atom is -0.325 e. The van der Waals surface area contributed by atoms with Crippen LogP contribution in [-0.2, 0) is 9.59 Å². The third-order valence-corrected chi connectivity index (χ3v) is 5.86. The van der Waals surface area contributed by atoms with E-state index in [1.54, 1.807) is 18.2 Å². The number of rotatable bonds is 5. The molecule has 9 heteroatoms. The Bertz CT molecular complexity index is 963. The van der Waals surface area contributed by atoms with Crippen molar-refractivity contribution in [3.8, 4) is 0 Å². The van der Waals surface area contributed by atoms with Crippen molar-refractivity contribution in [1.29, 1.82) is 0 Å². The van der Waals surface area contributed by atoms with Crippen molar-refractivity contribution < 1.29 is 9.59 Å². The van der Waals surface area contributed by atoms with Gasteiger partial charge in [-0.25, -0.2) is 0 Å². The highest BCUT2D eigenvalue weighted by atomic mass is 79.9. The van der Waals surface area contributed by atoms with Gasteiger partial charge in [0.25, 0.3) is 0 Å². The van der Waals surface area contributed by atoms with Crippen LogP contribution in [0.15, 0.2) is 63.2 Å². The third-order valence-electron chi connectivity index (χ3n) is 3.85. The molecule has 144 valence electrons. The van der Waals surface area contributed by atoms with Crippen LogP contribution in [0, 0.1) is 0 Å². The molecule has 1 heterocycles. The fourth-order valence-electron chi connectivity index (χ4n) is 2.39. The summed E-state index contributed by atoms with van der Waals surface area (Å²) in [5, 5.41) is 14.2. The Morgan fingerprint density at radius 3 is 2.68 bits per heavy atom. The van der Waals surface area contributed by atoms with Crippen LogP contribution >= 0.6 is 39.3 Å². The first-order valence-electron chi connectivity index (χ1n) is 8.32. The minimum atomic E-state index is -0.549. The number of hydrogen-bond donors (Lipinski definition) is 2. The maximum Gasteiger partial charge on any atom is 0.240 e. The van der Waals surface area contributed by atoms with Gasteiger partial charge in [-0.2, -0.15) is 5.10 Å². The zero-order chi connectivity index (χ0) is 20.1. The Hall–Kier alpha value is -2.16. The Labute approximate surface area is 180 Å². The first kappa shape index (κ1) is 20.6. The summed E-state index contributed by atoms with van der Waals surface area (Å²) in [6.45, 7) is 1.82. The first-order valence-corrected chi connectivity index (χ1v) is 10.4. The van der Waals surface area contributed by atoms with Crippen molar-refractivity contribution in [3.05, 3.63) is 63.6 Å². The normalized spacial score (nSPS) is 18.2. The highest BCUT2D eigenvalue weighted by Crippen LogP contribution is 2.25. The van der Waals surface area contributed by atoms with Gasteiger partial charge in [0.05, 0.1) is 11.4 Å². The summed E-state index contributed by atoms with van der Waals surface area (Å²) in [5.74, 6) is -0.507.